The first-order chi connectivity index (χ1) is 12.5. The first kappa shape index (κ1) is 17.9. The van der Waals surface area contributed by atoms with Crippen molar-refractivity contribution in [3.05, 3.63) is 65.7 Å². The van der Waals surface area contributed by atoms with Crippen molar-refractivity contribution in [1.29, 1.82) is 0 Å². The van der Waals surface area contributed by atoms with Gasteiger partial charge in [0.15, 0.2) is 5.78 Å². The van der Waals surface area contributed by atoms with Crippen molar-refractivity contribution >= 4 is 23.3 Å². The molecule has 26 heavy (non-hydrogen) atoms. The second-order valence-corrected chi connectivity index (χ2v) is 6.63. The Balaban J connectivity index is 1.81. The van der Waals surface area contributed by atoms with Crippen LogP contribution in [-0.2, 0) is 9.59 Å². The van der Waals surface area contributed by atoms with Crippen LogP contribution in [0.3, 0.4) is 0 Å². The standard InChI is InChI=1S/C21H22N2O3/c1-14(24)15-8-10-17(11-9-15)22-21(26)18-12-13-19(25)23(2)20(18)16-6-4-3-5-7-16/h3-11,18,20H,12-13H2,1-2H3,(H,22,26). The molecule has 1 aliphatic heterocycles. The van der Waals surface area contributed by atoms with Gasteiger partial charge in [-0.1, -0.05) is 30.3 Å². The molecule has 3 rings (SSSR count). The maximum Gasteiger partial charge on any atom is 0.229 e. The summed E-state index contributed by atoms with van der Waals surface area (Å²) in [5.41, 5.74) is 2.20. The first-order valence-corrected chi connectivity index (χ1v) is 8.70. The van der Waals surface area contributed by atoms with E-state index in [2.05, 4.69) is 5.32 Å². The van der Waals surface area contributed by atoms with Crippen LogP contribution in [-0.4, -0.2) is 29.5 Å². The van der Waals surface area contributed by atoms with Gasteiger partial charge in [0.2, 0.25) is 11.8 Å². The average Bonchev–Trinajstić information content (AvgIpc) is 2.65. The normalized spacial score (nSPS) is 19.9. The molecule has 2 unspecified atom stereocenters. The minimum absolute atomic E-state index is 0.0144. The molecule has 2 atom stereocenters. The summed E-state index contributed by atoms with van der Waals surface area (Å²) in [6, 6.07) is 16.2. The van der Waals surface area contributed by atoms with E-state index in [1.165, 1.54) is 6.92 Å². The Bertz CT molecular complexity index is 815. The van der Waals surface area contributed by atoms with Crippen molar-refractivity contribution in [2.24, 2.45) is 5.92 Å². The lowest BCUT2D eigenvalue weighted by atomic mass is 9.84. The van der Waals surface area contributed by atoms with Gasteiger partial charge in [0.05, 0.1) is 12.0 Å². The van der Waals surface area contributed by atoms with Crippen molar-refractivity contribution in [2.45, 2.75) is 25.8 Å². The van der Waals surface area contributed by atoms with Gasteiger partial charge in [-0.2, -0.15) is 0 Å². The third-order valence-corrected chi connectivity index (χ3v) is 4.90. The van der Waals surface area contributed by atoms with E-state index >= 15 is 0 Å². The SMILES string of the molecule is CC(=O)c1ccc(NC(=O)C2CCC(=O)N(C)C2c2ccccc2)cc1. The van der Waals surface area contributed by atoms with Crippen LogP contribution in [0.5, 0.6) is 0 Å². The van der Waals surface area contributed by atoms with E-state index in [0.29, 0.717) is 24.1 Å². The molecule has 134 valence electrons. The number of Topliss-reactive ketones (excluding diaryl/α,β-unsaturated/α-hetero) is 1. The van der Waals surface area contributed by atoms with Gasteiger partial charge < -0.3 is 10.2 Å². The van der Waals surface area contributed by atoms with Gasteiger partial charge in [0, 0.05) is 24.7 Å². The Kier molecular flexibility index (Phi) is 5.16. The molecule has 0 aromatic heterocycles. The third kappa shape index (κ3) is 3.67. The number of likely N-dealkylation sites (tertiary alicyclic amines) is 1. The molecular weight excluding hydrogens is 328 g/mol. The fourth-order valence-corrected chi connectivity index (χ4v) is 3.44. The number of rotatable bonds is 4. The molecule has 2 aromatic rings. The Labute approximate surface area is 153 Å². The molecule has 0 spiro atoms. The molecule has 1 aliphatic rings. The lowest BCUT2D eigenvalue weighted by Crippen LogP contribution is -2.44. The number of benzene rings is 2. The van der Waals surface area contributed by atoms with Crippen molar-refractivity contribution in [2.75, 3.05) is 12.4 Å². The molecule has 1 fully saturated rings. The van der Waals surface area contributed by atoms with Crippen LogP contribution in [0.1, 0.15) is 41.7 Å². The van der Waals surface area contributed by atoms with E-state index in [-0.39, 0.29) is 29.6 Å². The monoisotopic (exact) mass is 350 g/mol. The number of nitrogens with zero attached hydrogens (tertiary/aromatic N) is 1. The minimum Gasteiger partial charge on any atom is -0.338 e. The fraction of sp³-hybridized carbons (Fsp3) is 0.286. The Morgan fingerprint density at radius 1 is 1.04 bits per heavy atom. The van der Waals surface area contributed by atoms with Gasteiger partial charge >= 0.3 is 0 Å². The van der Waals surface area contributed by atoms with E-state index in [9.17, 15) is 14.4 Å². The van der Waals surface area contributed by atoms with Crippen molar-refractivity contribution in [3.8, 4) is 0 Å². The van der Waals surface area contributed by atoms with E-state index in [0.717, 1.165) is 5.56 Å². The molecule has 5 heteroatoms. The molecule has 0 bridgehead atoms. The molecule has 0 saturated carbocycles. The van der Waals surface area contributed by atoms with Crippen LogP contribution in [0.2, 0.25) is 0 Å². The highest BCUT2D eigenvalue weighted by Crippen LogP contribution is 2.36. The summed E-state index contributed by atoms with van der Waals surface area (Å²) in [7, 11) is 1.75. The molecular formula is C21H22N2O3. The molecule has 0 radical (unpaired) electrons. The molecule has 2 amide bonds. The molecule has 0 aliphatic carbocycles. The highest BCUT2D eigenvalue weighted by molar-refractivity contribution is 5.97. The van der Waals surface area contributed by atoms with Crippen LogP contribution in [0, 0.1) is 5.92 Å². The minimum atomic E-state index is -0.326. The topological polar surface area (TPSA) is 66.5 Å². The number of anilines is 1. The van der Waals surface area contributed by atoms with Crippen molar-refractivity contribution in [3.63, 3.8) is 0 Å². The zero-order valence-electron chi connectivity index (χ0n) is 14.9. The zero-order valence-corrected chi connectivity index (χ0v) is 14.9. The second kappa shape index (κ2) is 7.52. The summed E-state index contributed by atoms with van der Waals surface area (Å²) < 4.78 is 0. The van der Waals surface area contributed by atoms with E-state index in [1.54, 1.807) is 36.2 Å². The maximum absolute atomic E-state index is 12.9. The van der Waals surface area contributed by atoms with Gasteiger partial charge in [0.1, 0.15) is 0 Å². The summed E-state index contributed by atoms with van der Waals surface area (Å²) in [5.74, 6) is -0.408. The lowest BCUT2D eigenvalue weighted by molar-refractivity contribution is -0.140. The number of carbonyl (C=O) groups is 3. The highest BCUT2D eigenvalue weighted by atomic mass is 16.2. The third-order valence-electron chi connectivity index (χ3n) is 4.90. The largest absolute Gasteiger partial charge is 0.338 e. The predicted octanol–water partition coefficient (Wildman–Crippen LogP) is 3.44. The Morgan fingerprint density at radius 2 is 1.69 bits per heavy atom. The lowest BCUT2D eigenvalue weighted by Gasteiger charge is -2.38. The van der Waals surface area contributed by atoms with Crippen molar-refractivity contribution < 1.29 is 14.4 Å². The highest BCUT2D eigenvalue weighted by Gasteiger charge is 2.38. The van der Waals surface area contributed by atoms with Gasteiger partial charge in [-0.05, 0) is 43.2 Å². The van der Waals surface area contributed by atoms with Crippen molar-refractivity contribution in [1.82, 2.24) is 4.90 Å². The van der Waals surface area contributed by atoms with Gasteiger partial charge in [-0.25, -0.2) is 0 Å². The average molecular weight is 350 g/mol. The summed E-state index contributed by atoms with van der Waals surface area (Å²) in [6.07, 6.45) is 0.876. The van der Waals surface area contributed by atoms with Crippen LogP contribution in [0.4, 0.5) is 5.69 Å². The van der Waals surface area contributed by atoms with E-state index in [4.69, 9.17) is 0 Å². The number of amides is 2. The van der Waals surface area contributed by atoms with E-state index < -0.39 is 0 Å². The fourth-order valence-electron chi connectivity index (χ4n) is 3.44. The second-order valence-electron chi connectivity index (χ2n) is 6.63. The number of nitrogens with one attached hydrogen (secondary N) is 1. The van der Waals surface area contributed by atoms with Gasteiger partial charge in [0.25, 0.3) is 0 Å². The number of hydrogen-bond donors (Lipinski definition) is 1. The van der Waals surface area contributed by atoms with Crippen LogP contribution >= 0.6 is 0 Å². The number of carbonyl (C=O) groups excluding carboxylic acids is 3. The number of piperidine rings is 1. The zero-order chi connectivity index (χ0) is 18.7. The number of ketones is 1. The quantitative estimate of drug-likeness (QED) is 0.859. The molecule has 5 nitrogen and oxygen atoms in total. The summed E-state index contributed by atoms with van der Waals surface area (Å²) in [5, 5.41) is 2.92. The summed E-state index contributed by atoms with van der Waals surface area (Å²) in [4.78, 5) is 38.1. The predicted molar refractivity (Wildman–Crippen MR) is 99.8 cm³/mol. The van der Waals surface area contributed by atoms with Gasteiger partial charge in [-0.15, -0.1) is 0 Å². The molecule has 1 saturated heterocycles. The maximum atomic E-state index is 12.9. The number of hydrogen-bond acceptors (Lipinski definition) is 3. The van der Waals surface area contributed by atoms with Gasteiger partial charge in [-0.3, -0.25) is 14.4 Å². The summed E-state index contributed by atoms with van der Waals surface area (Å²) >= 11 is 0. The first-order valence-electron chi connectivity index (χ1n) is 8.70. The van der Waals surface area contributed by atoms with Crippen LogP contribution < -0.4 is 5.32 Å². The molecule has 1 heterocycles. The van der Waals surface area contributed by atoms with E-state index in [1.807, 2.05) is 30.3 Å². The van der Waals surface area contributed by atoms with Crippen LogP contribution in [0.25, 0.3) is 0 Å². The summed E-state index contributed by atoms with van der Waals surface area (Å²) in [6.45, 7) is 1.51. The Morgan fingerprint density at radius 3 is 2.31 bits per heavy atom. The van der Waals surface area contributed by atoms with Crippen LogP contribution in [0.15, 0.2) is 54.6 Å². The Hall–Kier alpha value is -2.95. The molecule has 1 N–H and O–H groups in total. The molecule has 2 aromatic carbocycles. The smallest absolute Gasteiger partial charge is 0.229 e.